The van der Waals surface area contributed by atoms with Gasteiger partial charge in [0.1, 0.15) is 13.3 Å². The number of hydrogen-bond acceptors (Lipinski definition) is 24. The third kappa shape index (κ3) is 694. The molecule has 13 rings (SSSR count). The average Bonchev–Trinajstić information content (AvgIpc) is 2.18. The molecular weight excluding hydrogens is 1830 g/mol. The summed E-state index contributed by atoms with van der Waals surface area (Å²) in [5, 5.41) is 29.5. The summed E-state index contributed by atoms with van der Waals surface area (Å²) in [7, 11) is 0. The monoisotopic (exact) mass is 2130 g/mol. The second kappa shape index (κ2) is 704. The van der Waals surface area contributed by atoms with E-state index in [4.69, 9.17) is 4.74 Å². The van der Waals surface area contributed by atoms with Gasteiger partial charge in [0.05, 0.1) is 56.6 Å². The van der Waals surface area contributed by atoms with Crippen molar-refractivity contribution in [3.05, 3.63) is 48.3 Å². The predicted octanol–water partition coefficient (Wildman–Crippen LogP) is 45.5. The molecule has 0 aromatic rings. The highest BCUT2D eigenvalue weighted by atomic mass is 32.2. The van der Waals surface area contributed by atoms with Gasteiger partial charge in [-0.25, -0.2) is 9.82 Å². The topological polar surface area (TPSA) is 248 Å². The van der Waals surface area contributed by atoms with Gasteiger partial charge in [-0.05, 0) is 87.2 Å². The molecule has 0 saturated carbocycles. The Morgan fingerprint density at radius 3 is 0.804 bits per heavy atom. The summed E-state index contributed by atoms with van der Waals surface area (Å²) in [4.78, 5) is 16.1. The van der Waals surface area contributed by atoms with E-state index >= 15 is 0 Å². The standard InChI is InChI=1S/C5H8.2C4H7N.C4H6O.C4H6S.2C3H6N2.C3H5NO.C3H5NS.2C2H5N3.C2H4N2O.C2H4N2S.39C2H6/c5*1-2-4-5-3-1;1-2-5-3-4-1;3*1-2-4-5-3-1;1-3-2-5-4-1;1-2-4-5-3-1;2*1-3-4-2-5-1;39*1-2/h1-2H,3-5H2;3H,1-2,4H2;1,3,5H,2,4H2;2*1,3H,2,4H2;3H,1-2H2,(H,4,5);2,5H,1,3H2;2*2H,1,3H2;1,5H,2H2,(H,3,4);1-2H2,(H,3,4);2*1,4H,2H2;39*1-2H3. The number of nitrogens with zero attached hydrogens (tertiary/aromatic N) is 10. The minimum Gasteiger partial charge on any atom is -0.501 e. The number of hydrazine groups is 1. The lowest BCUT2D eigenvalue weighted by Crippen LogP contribution is -2.22. The molecule has 0 fully saturated rings. The third-order valence-corrected chi connectivity index (χ3v) is 9.40. The molecule has 24 heteroatoms. The molecule has 8 N–H and O–H groups in total. The van der Waals surface area contributed by atoms with Gasteiger partial charge in [0.15, 0.2) is 13.1 Å². The van der Waals surface area contributed by atoms with Crippen LogP contribution in [0, 0.1) is 0 Å². The van der Waals surface area contributed by atoms with Crippen molar-refractivity contribution in [3.63, 3.8) is 0 Å². The second-order valence-corrected chi connectivity index (χ2v) is 15.5. The van der Waals surface area contributed by atoms with Crippen LogP contribution in [0.1, 0.15) is 611 Å². The Morgan fingerprint density at radius 2 is 0.713 bits per heavy atom. The van der Waals surface area contributed by atoms with Gasteiger partial charge < -0.3 is 35.8 Å². The van der Waals surface area contributed by atoms with Crippen molar-refractivity contribution < 1.29 is 14.3 Å². The Hall–Kier alpha value is -5.07. The summed E-state index contributed by atoms with van der Waals surface area (Å²) in [5.74, 6) is 3.44. The molecule has 12 aliphatic heterocycles. The first-order valence-corrected chi connectivity index (χ1v) is 64.1. The minimum atomic E-state index is 0.528. The van der Waals surface area contributed by atoms with Crippen molar-refractivity contribution in [1.29, 1.82) is 0 Å². The maximum Gasteiger partial charge on any atom is 0.194 e. The Kier molecular flexibility index (Phi) is 1300. The fourth-order valence-electron chi connectivity index (χ4n) is 4.17. The Balaban J connectivity index is -0.0000000210. The van der Waals surface area contributed by atoms with Crippen molar-refractivity contribution in [2.75, 3.05) is 89.8 Å². The molecule has 0 atom stereocenters. The van der Waals surface area contributed by atoms with Gasteiger partial charge in [-0.1, -0.05) is 586 Å². The SMILES string of the molecule is C1=CCCC1.C1=CNCC1.C1=COCC1.C1=CSCC1.C1=NCCC1.C1=NCCN1.C1=NCNN1.C1=NNCC1.C1=NNCO1.C1=NNCS1.C1=NOCC1.C1=NSCC1.C1CNN=N1.CC.CC.CC.CC.CC.CC.CC.CC.CC.CC.CC.CC.CC.CC.CC.CC.CC.CC.CC.CC.CC.CC.CC.CC.CC.CC.CC.CC.CC.CC.CC.CC.CC.CC.CC.CC.CC.CC.CC. The molecule has 0 bridgehead atoms. The van der Waals surface area contributed by atoms with E-state index in [1.54, 1.807) is 54.4 Å². The number of oxime groups is 1. The maximum atomic E-state index is 4.76. The molecule has 0 aromatic carbocycles. The highest BCUT2D eigenvalue weighted by molar-refractivity contribution is 8.12. The van der Waals surface area contributed by atoms with Crippen LogP contribution in [-0.4, -0.2) is 139 Å². The van der Waals surface area contributed by atoms with Crippen LogP contribution in [0.4, 0.5) is 0 Å². The quantitative estimate of drug-likeness (QED) is 0.0831. The van der Waals surface area contributed by atoms with E-state index in [1.165, 1.54) is 69.3 Å². The lowest BCUT2D eigenvalue weighted by Gasteiger charge is -1.80. The summed E-state index contributed by atoms with van der Waals surface area (Å²) in [6, 6.07) is 0. The number of ether oxygens (including phenoxy) is 2. The molecular formula is C119H308N18O3S3. The normalized spacial score (nSPS) is 10.5. The lowest BCUT2D eigenvalue weighted by atomic mass is 10.4. The summed E-state index contributed by atoms with van der Waals surface area (Å²) in [5.41, 5.74) is 18.0. The van der Waals surface area contributed by atoms with E-state index in [1.807, 2.05) is 583 Å². The van der Waals surface area contributed by atoms with Gasteiger partial charge in [0.2, 0.25) is 0 Å². The zero-order valence-corrected chi connectivity index (χ0v) is 118. The molecule has 910 valence electrons. The van der Waals surface area contributed by atoms with Gasteiger partial charge in [0.25, 0.3) is 0 Å². The van der Waals surface area contributed by atoms with Crippen LogP contribution in [-0.2, 0) is 14.3 Å². The van der Waals surface area contributed by atoms with E-state index in [-0.39, 0.29) is 0 Å². The van der Waals surface area contributed by atoms with Gasteiger partial charge in [0, 0.05) is 75.6 Å². The van der Waals surface area contributed by atoms with Crippen LogP contribution in [0.25, 0.3) is 0 Å². The number of hydrogen-bond donors (Lipinski definition) is 8. The molecule has 0 unspecified atom stereocenters. The molecule has 0 amide bonds. The zero-order chi connectivity index (χ0) is 124. The largest absolute Gasteiger partial charge is 0.501 e. The van der Waals surface area contributed by atoms with Gasteiger partial charge in [-0.15, -0.1) is 16.9 Å². The maximum absolute atomic E-state index is 4.76. The van der Waals surface area contributed by atoms with Crippen molar-refractivity contribution in [2.45, 2.75) is 611 Å². The van der Waals surface area contributed by atoms with E-state index in [9.17, 15) is 0 Å². The third-order valence-electron chi connectivity index (χ3n) is 7.27. The fourth-order valence-corrected chi connectivity index (χ4v) is 5.75. The van der Waals surface area contributed by atoms with Crippen molar-refractivity contribution >= 4 is 85.0 Å². The molecule has 0 radical (unpaired) electrons. The molecule has 0 saturated heterocycles. The number of rotatable bonds is 0. The molecule has 1 aliphatic carbocycles. The van der Waals surface area contributed by atoms with Crippen LogP contribution in [0.5, 0.6) is 0 Å². The van der Waals surface area contributed by atoms with E-state index in [2.05, 4.69) is 133 Å². The number of aliphatic imine (C=N–C) groups is 3. The number of thioether (sulfide) groups is 2. The van der Waals surface area contributed by atoms with Crippen LogP contribution in [0.2, 0.25) is 0 Å². The summed E-state index contributed by atoms with van der Waals surface area (Å²) in [6.45, 7) is 166. The highest BCUT2D eigenvalue weighted by Crippen LogP contribution is 2.12. The molecule has 12 heterocycles. The molecule has 143 heavy (non-hydrogen) atoms. The second-order valence-electron chi connectivity index (χ2n) is 12.7. The van der Waals surface area contributed by atoms with Gasteiger partial charge >= 0.3 is 0 Å². The Labute approximate surface area is 935 Å². The first-order valence-electron chi connectivity index (χ1n) is 61.1. The first kappa shape index (κ1) is 264. The number of nitrogens with one attached hydrogen (secondary N) is 8. The van der Waals surface area contributed by atoms with E-state index in [0.29, 0.717) is 13.4 Å². The van der Waals surface area contributed by atoms with Crippen LogP contribution in [0.3, 0.4) is 0 Å². The molecule has 21 nitrogen and oxygen atoms in total. The Bertz CT molecular complexity index is 998. The number of allylic oxidation sites excluding steroid dienone is 3. The molecule has 13 aliphatic rings. The smallest absolute Gasteiger partial charge is 0.194 e. The zero-order valence-electron chi connectivity index (χ0n) is 116. The average molecular weight is 2140 g/mol. The van der Waals surface area contributed by atoms with Crippen LogP contribution < -0.4 is 43.2 Å². The molecule has 0 aromatic heterocycles. The van der Waals surface area contributed by atoms with Gasteiger partial charge in [-0.2, -0.15) is 15.3 Å². The van der Waals surface area contributed by atoms with Crippen LogP contribution in [0.15, 0.2) is 98.4 Å². The van der Waals surface area contributed by atoms with E-state index in [0.717, 1.165) is 84.2 Å². The fraction of sp³-hybridized carbons (Fsp3) is 0.866. The lowest BCUT2D eigenvalue weighted by molar-refractivity contribution is 0.174. The first-order chi connectivity index (χ1) is 71.5. The summed E-state index contributed by atoms with van der Waals surface area (Å²) in [6.07, 6.45) is 40.2. The number of hydrazone groups is 3. The van der Waals surface area contributed by atoms with Crippen molar-refractivity contribution in [2.24, 2.45) is 50.2 Å². The highest BCUT2D eigenvalue weighted by Gasteiger charge is 1.90. The van der Waals surface area contributed by atoms with E-state index < -0.39 is 0 Å². The van der Waals surface area contributed by atoms with Crippen molar-refractivity contribution in [3.8, 4) is 0 Å². The van der Waals surface area contributed by atoms with Crippen molar-refractivity contribution in [1.82, 2.24) is 43.2 Å². The predicted molar refractivity (Wildman–Crippen MR) is 722 cm³/mol. The van der Waals surface area contributed by atoms with Gasteiger partial charge in [-0.3, -0.25) is 31.3 Å². The Morgan fingerprint density at radius 1 is 0.273 bits per heavy atom. The summed E-state index contributed by atoms with van der Waals surface area (Å²) >= 11 is 5.21. The minimum absolute atomic E-state index is 0.528. The summed E-state index contributed by atoms with van der Waals surface area (Å²) < 4.78 is 13.2. The van der Waals surface area contributed by atoms with Crippen LogP contribution >= 0.6 is 35.5 Å². The molecule has 0 spiro atoms.